The van der Waals surface area contributed by atoms with E-state index in [0.29, 0.717) is 0 Å². The summed E-state index contributed by atoms with van der Waals surface area (Å²) < 4.78 is 11.5. The van der Waals surface area contributed by atoms with Crippen molar-refractivity contribution in [3.05, 3.63) is 43.0 Å². The highest BCUT2D eigenvalue weighted by molar-refractivity contribution is 5.78. The van der Waals surface area contributed by atoms with Crippen LogP contribution in [0.4, 0.5) is 0 Å². The van der Waals surface area contributed by atoms with E-state index in [-0.39, 0.29) is 5.79 Å². The minimum atomic E-state index is -0.981. The van der Waals surface area contributed by atoms with Gasteiger partial charge in [0.1, 0.15) is 12.4 Å². The van der Waals surface area contributed by atoms with Crippen molar-refractivity contribution in [1.82, 2.24) is 0 Å². The Labute approximate surface area is 151 Å². The first-order chi connectivity index (χ1) is 12.1. The third kappa shape index (κ3) is 10.6. The normalized spacial score (nSPS) is 18.0. The third-order valence-corrected chi connectivity index (χ3v) is 4.10. The smallest absolute Gasteiger partial charge is 0.327 e. The average molecular weight is 348 g/mol. The molecule has 0 saturated carbocycles. The van der Waals surface area contributed by atoms with Crippen molar-refractivity contribution < 1.29 is 19.4 Å². The lowest BCUT2D eigenvalue weighted by molar-refractivity contribution is -0.131. The standard InChI is InChI=1S/C18H28O2.C3H4O2/c1-2-3-4-5-6-7-8-12-15-18(16-19-18)20-17-13-10-9-11-14-17;1-2-3(4)5/h9-11,13-14H,2-8,12,15-16H2,1H3;2H,1H2,(H,4,5). The van der Waals surface area contributed by atoms with E-state index in [4.69, 9.17) is 14.6 Å². The summed E-state index contributed by atoms with van der Waals surface area (Å²) in [4.78, 5) is 9.25. The first-order valence-electron chi connectivity index (χ1n) is 9.35. The van der Waals surface area contributed by atoms with Gasteiger partial charge in [-0.25, -0.2) is 4.79 Å². The molecule has 0 radical (unpaired) electrons. The number of carboxylic acid groups (broad SMARTS) is 1. The highest BCUT2D eigenvalue weighted by Crippen LogP contribution is 2.35. The summed E-state index contributed by atoms with van der Waals surface area (Å²) in [5, 5.41) is 7.60. The van der Waals surface area contributed by atoms with Crippen molar-refractivity contribution >= 4 is 5.97 Å². The minimum Gasteiger partial charge on any atom is -0.478 e. The SMILES string of the molecule is C=CC(=O)O.CCCCCCCCCCC1(Oc2ccccc2)CO1. The number of para-hydroxylation sites is 1. The van der Waals surface area contributed by atoms with Gasteiger partial charge in [-0.05, 0) is 18.6 Å². The van der Waals surface area contributed by atoms with Crippen LogP contribution < -0.4 is 4.74 Å². The quantitative estimate of drug-likeness (QED) is 0.304. The highest BCUT2D eigenvalue weighted by atomic mass is 16.8. The number of epoxide rings is 1. The molecule has 1 saturated heterocycles. The molecule has 140 valence electrons. The molecule has 0 bridgehead atoms. The number of unbranched alkanes of at least 4 members (excludes halogenated alkanes) is 7. The number of rotatable bonds is 12. The molecule has 25 heavy (non-hydrogen) atoms. The van der Waals surface area contributed by atoms with Gasteiger partial charge in [0.25, 0.3) is 0 Å². The fraction of sp³-hybridized carbons (Fsp3) is 0.571. The van der Waals surface area contributed by atoms with Gasteiger partial charge in [0.05, 0.1) is 0 Å². The Kier molecular flexibility index (Phi) is 10.6. The first-order valence-corrected chi connectivity index (χ1v) is 9.35. The number of ether oxygens (including phenoxy) is 2. The monoisotopic (exact) mass is 348 g/mol. The van der Waals surface area contributed by atoms with Crippen LogP contribution in [0.5, 0.6) is 5.75 Å². The molecule has 0 aromatic heterocycles. The van der Waals surface area contributed by atoms with E-state index < -0.39 is 5.97 Å². The van der Waals surface area contributed by atoms with E-state index in [2.05, 4.69) is 13.5 Å². The molecule has 0 amide bonds. The molecule has 1 aromatic rings. The van der Waals surface area contributed by atoms with Crippen LogP contribution >= 0.6 is 0 Å². The summed E-state index contributed by atoms with van der Waals surface area (Å²) in [7, 11) is 0. The second-order valence-electron chi connectivity index (χ2n) is 6.38. The van der Waals surface area contributed by atoms with Crippen LogP contribution in [0.15, 0.2) is 43.0 Å². The van der Waals surface area contributed by atoms with Crippen LogP contribution in [0.3, 0.4) is 0 Å². The summed E-state index contributed by atoms with van der Waals surface area (Å²) in [6, 6.07) is 10.0. The van der Waals surface area contributed by atoms with Gasteiger partial charge in [0.15, 0.2) is 0 Å². The number of carboxylic acids is 1. The fourth-order valence-electron chi connectivity index (χ4n) is 2.57. The molecule has 1 aromatic carbocycles. The van der Waals surface area contributed by atoms with Gasteiger partial charge in [-0.2, -0.15) is 0 Å². The number of hydrogen-bond acceptors (Lipinski definition) is 3. The molecule has 2 rings (SSSR count). The second kappa shape index (κ2) is 12.5. The van der Waals surface area contributed by atoms with Gasteiger partial charge in [0.2, 0.25) is 5.79 Å². The van der Waals surface area contributed by atoms with Crippen molar-refractivity contribution in [2.75, 3.05) is 6.61 Å². The average Bonchev–Trinajstić information content (AvgIpc) is 3.38. The van der Waals surface area contributed by atoms with Crippen molar-refractivity contribution in [3.8, 4) is 5.75 Å². The lowest BCUT2D eigenvalue weighted by Crippen LogP contribution is -2.19. The molecule has 1 heterocycles. The zero-order valence-electron chi connectivity index (χ0n) is 15.4. The first kappa shape index (κ1) is 21.2. The van der Waals surface area contributed by atoms with Crippen LogP contribution in [-0.4, -0.2) is 23.5 Å². The Balaban J connectivity index is 0.000000550. The molecule has 1 atom stereocenters. The zero-order chi connectivity index (χ0) is 18.4. The Morgan fingerprint density at radius 1 is 1.16 bits per heavy atom. The number of benzene rings is 1. The molecule has 1 aliphatic rings. The van der Waals surface area contributed by atoms with E-state index in [9.17, 15) is 4.79 Å². The van der Waals surface area contributed by atoms with Crippen molar-refractivity contribution in [2.45, 2.75) is 70.5 Å². The maximum atomic E-state index is 9.25. The van der Waals surface area contributed by atoms with E-state index in [1.54, 1.807) is 0 Å². The molecule has 4 nitrogen and oxygen atoms in total. The summed E-state index contributed by atoms with van der Waals surface area (Å²) in [5.41, 5.74) is 0. The second-order valence-corrected chi connectivity index (χ2v) is 6.38. The van der Waals surface area contributed by atoms with E-state index >= 15 is 0 Å². The van der Waals surface area contributed by atoms with Crippen LogP contribution in [0.25, 0.3) is 0 Å². The summed E-state index contributed by atoms with van der Waals surface area (Å²) in [6.45, 7) is 5.97. The molecule has 0 aliphatic carbocycles. The third-order valence-electron chi connectivity index (χ3n) is 4.10. The molecule has 1 N–H and O–H groups in total. The van der Waals surface area contributed by atoms with E-state index in [0.717, 1.165) is 24.9 Å². The lowest BCUT2D eigenvalue weighted by Gasteiger charge is -2.14. The van der Waals surface area contributed by atoms with Gasteiger partial charge >= 0.3 is 5.97 Å². The molecule has 1 aliphatic heterocycles. The van der Waals surface area contributed by atoms with Crippen LogP contribution in [0.2, 0.25) is 0 Å². The van der Waals surface area contributed by atoms with Crippen LogP contribution in [0.1, 0.15) is 64.7 Å². The number of hydrogen-bond donors (Lipinski definition) is 1. The van der Waals surface area contributed by atoms with Gasteiger partial charge < -0.3 is 14.6 Å². The summed E-state index contributed by atoms with van der Waals surface area (Å²) in [5.74, 6) is -0.363. The summed E-state index contributed by atoms with van der Waals surface area (Å²) in [6.07, 6.45) is 12.6. The zero-order valence-corrected chi connectivity index (χ0v) is 15.4. The molecule has 1 unspecified atom stereocenters. The predicted molar refractivity (Wildman–Crippen MR) is 101 cm³/mol. The Morgan fingerprint density at radius 2 is 1.68 bits per heavy atom. The lowest BCUT2D eigenvalue weighted by atomic mass is 10.1. The summed E-state index contributed by atoms with van der Waals surface area (Å²) >= 11 is 0. The Bertz CT molecular complexity index is 480. The fourth-order valence-corrected chi connectivity index (χ4v) is 2.57. The maximum Gasteiger partial charge on any atom is 0.327 e. The number of aliphatic carboxylic acids is 1. The van der Waals surface area contributed by atoms with Gasteiger partial charge in [-0.1, -0.05) is 76.6 Å². The van der Waals surface area contributed by atoms with Crippen LogP contribution in [-0.2, 0) is 9.53 Å². The number of carbonyl (C=O) groups is 1. The van der Waals surface area contributed by atoms with Crippen molar-refractivity contribution in [1.29, 1.82) is 0 Å². The predicted octanol–water partition coefficient (Wildman–Crippen LogP) is 5.58. The highest BCUT2D eigenvalue weighted by Gasteiger charge is 2.47. The van der Waals surface area contributed by atoms with Gasteiger partial charge in [-0.3, -0.25) is 0 Å². The van der Waals surface area contributed by atoms with Gasteiger partial charge in [0, 0.05) is 12.5 Å². The molecule has 1 fully saturated rings. The van der Waals surface area contributed by atoms with Crippen molar-refractivity contribution in [2.24, 2.45) is 0 Å². The molecule has 0 spiro atoms. The topological polar surface area (TPSA) is 59.1 Å². The Morgan fingerprint density at radius 3 is 2.16 bits per heavy atom. The van der Waals surface area contributed by atoms with Gasteiger partial charge in [-0.15, -0.1) is 0 Å². The molecule has 4 heteroatoms. The maximum absolute atomic E-state index is 9.25. The Hall–Kier alpha value is -1.81. The van der Waals surface area contributed by atoms with Crippen LogP contribution in [0, 0.1) is 0 Å². The minimum absolute atomic E-state index is 0.302. The molecular formula is C21H32O4. The van der Waals surface area contributed by atoms with E-state index in [1.165, 1.54) is 51.4 Å². The molecular weight excluding hydrogens is 316 g/mol. The largest absolute Gasteiger partial charge is 0.478 e. The van der Waals surface area contributed by atoms with Crippen molar-refractivity contribution in [3.63, 3.8) is 0 Å². The van der Waals surface area contributed by atoms with E-state index in [1.807, 2.05) is 30.3 Å².